The van der Waals surface area contributed by atoms with E-state index in [1.165, 1.54) is 0 Å². The van der Waals surface area contributed by atoms with Crippen molar-refractivity contribution in [3.8, 4) is 0 Å². The van der Waals surface area contributed by atoms with E-state index in [1.807, 2.05) is 24.3 Å². The fraction of sp³-hybridized carbons (Fsp3) is 0.125. The standard InChI is InChI=1S/C16H14BrClN2O2/c17-12-6-2-1-5-11(12)9-15(21)19-10-16(22)20-14-8-4-3-7-13(14)18/h1-8H,9-10H2,(H,19,21)(H,20,22). The zero-order valence-electron chi connectivity index (χ0n) is 11.6. The van der Waals surface area contributed by atoms with Crippen LogP contribution in [0.3, 0.4) is 0 Å². The Morgan fingerprint density at radius 2 is 1.68 bits per heavy atom. The topological polar surface area (TPSA) is 58.2 Å². The Morgan fingerprint density at radius 1 is 1.00 bits per heavy atom. The van der Waals surface area contributed by atoms with E-state index in [1.54, 1.807) is 24.3 Å². The Kier molecular flexibility index (Phi) is 5.98. The van der Waals surface area contributed by atoms with Crippen LogP contribution < -0.4 is 10.6 Å². The maximum atomic E-state index is 11.9. The normalized spacial score (nSPS) is 10.1. The van der Waals surface area contributed by atoms with Crippen LogP contribution in [0.2, 0.25) is 5.02 Å². The smallest absolute Gasteiger partial charge is 0.243 e. The first-order valence-electron chi connectivity index (χ1n) is 6.61. The van der Waals surface area contributed by atoms with E-state index in [9.17, 15) is 9.59 Å². The maximum absolute atomic E-state index is 11.9. The number of carbonyl (C=O) groups is 2. The number of nitrogens with one attached hydrogen (secondary N) is 2. The van der Waals surface area contributed by atoms with Crippen LogP contribution in [0.1, 0.15) is 5.56 Å². The average Bonchev–Trinajstić information content (AvgIpc) is 2.50. The Bertz CT molecular complexity index is 632. The third kappa shape index (κ3) is 4.86. The Labute approximate surface area is 142 Å². The largest absolute Gasteiger partial charge is 0.347 e. The van der Waals surface area contributed by atoms with Gasteiger partial charge in [0.15, 0.2) is 0 Å². The Morgan fingerprint density at radius 3 is 2.41 bits per heavy atom. The second-order valence-corrected chi connectivity index (χ2v) is 5.83. The second-order valence-electron chi connectivity index (χ2n) is 4.57. The quantitative estimate of drug-likeness (QED) is 0.834. The molecule has 0 aliphatic heterocycles. The van der Waals surface area contributed by atoms with Crippen LogP contribution in [-0.4, -0.2) is 18.4 Å². The summed E-state index contributed by atoms with van der Waals surface area (Å²) in [4.78, 5) is 23.6. The molecule has 0 atom stereocenters. The van der Waals surface area contributed by atoms with Gasteiger partial charge in [-0.25, -0.2) is 0 Å². The molecule has 0 aliphatic carbocycles. The number of halogens is 2. The molecule has 0 unspecified atom stereocenters. The zero-order chi connectivity index (χ0) is 15.9. The lowest BCUT2D eigenvalue weighted by atomic mass is 10.1. The van der Waals surface area contributed by atoms with E-state index in [0.29, 0.717) is 10.7 Å². The van der Waals surface area contributed by atoms with E-state index in [4.69, 9.17) is 11.6 Å². The predicted octanol–water partition coefficient (Wildman–Crippen LogP) is 3.40. The minimum absolute atomic E-state index is 0.103. The number of anilines is 1. The van der Waals surface area contributed by atoms with Crippen LogP contribution in [0.25, 0.3) is 0 Å². The molecule has 2 aromatic rings. The van der Waals surface area contributed by atoms with Gasteiger partial charge in [-0.05, 0) is 23.8 Å². The fourth-order valence-electron chi connectivity index (χ4n) is 1.81. The average molecular weight is 382 g/mol. The van der Waals surface area contributed by atoms with Gasteiger partial charge in [-0.1, -0.05) is 57.9 Å². The van der Waals surface area contributed by atoms with Crippen LogP contribution in [0.5, 0.6) is 0 Å². The first kappa shape index (κ1) is 16.5. The van der Waals surface area contributed by atoms with Gasteiger partial charge < -0.3 is 10.6 Å². The lowest BCUT2D eigenvalue weighted by molar-refractivity contribution is -0.123. The molecule has 4 nitrogen and oxygen atoms in total. The number of amides is 2. The molecule has 22 heavy (non-hydrogen) atoms. The van der Waals surface area contributed by atoms with Crippen molar-refractivity contribution >= 4 is 45.0 Å². The van der Waals surface area contributed by atoms with Gasteiger partial charge in [0.1, 0.15) is 0 Å². The van der Waals surface area contributed by atoms with Gasteiger partial charge in [-0.15, -0.1) is 0 Å². The number of hydrogen-bond donors (Lipinski definition) is 2. The molecule has 2 aromatic carbocycles. The summed E-state index contributed by atoms with van der Waals surface area (Å²) in [5.74, 6) is -0.546. The van der Waals surface area contributed by atoms with Gasteiger partial charge >= 0.3 is 0 Å². The van der Waals surface area contributed by atoms with Gasteiger partial charge in [0.2, 0.25) is 11.8 Å². The highest BCUT2D eigenvalue weighted by atomic mass is 79.9. The lowest BCUT2D eigenvalue weighted by Crippen LogP contribution is -2.33. The van der Waals surface area contributed by atoms with Crippen LogP contribution >= 0.6 is 27.5 Å². The third-order valence-corrected chi connectivity index (χ3v) is 4.01. The van der Waals surface area contributed by atoms with E-state index in [-0.39, 0.29) is 24.8 Å². The SMILES string of the molecule is O=C(Cc1ccccc1Br)NCC(=O)Nc1ccccc1Cl. The van der Waals surface area contributed by atoms with Crippen molar-refractivity contribution in [1.82, 2.24) is 5.32 Å². The van der Waals surface area contributed by atoms with Crippen LogP contribution in [0.4, 0.5) is 5.69 Å². The molecule has 0 fully saturated rings. The summed E-state index contributed by atoms with van der Waals surface area (Å²) >= 11 is 9.33. The highest BCUT2D eigenvalue weighted by Crippen LogP contribution is 2.20. The Hall–Kier alpha value is -1.85. The molecule has 0 radical (unpaired) electrons. The molecule has 6 heteroatoms. The van der Waals surface area contributed by atoms with Crippen molar-refractivity contribution in [2.24, 2.45) is 0 Å². The summed E-state index contributed by atoms with van der Waals surface area (Å²) in [7, 11) is 0. The fourth-order valence-corrected chi connectivity index (χ4v) is 2.42. The number of rotatable bonds is 5. The van der Waals surface area contributed by atoms with Crippen molar-refractivity contribution in [1.29, 1.82) is 0 Å². The van der Waals surface area contributed by atoms with Crippen LogP contribution in [0, 0.1) is 0 Å². The van der Waals surface area contributed by atoms with Crippen molar-refractivity contribution in [2.45, 2.75) is 6.42 Å². The molecule has 0 heterocycles. The second kappa shape index (κ2) is 7.96. The summed E-state index contributed by atoms with van der Waals surface area (Å²) in [6.07, 6.45) is 0.209. The van der Waals surface area contributed by atoms with E-state index < -0.39 is 0 Å². The van der Waals surface area contributed by atoms with Gasteiger partial charge in [-0.2, -0.15) is 0 Å². The van der Waals surface area contributed by atoms with Crippen molar-refractivity contribution < 1.29 is 9.59 Å². The van der Waals surface area contributed by atoms with E-state index in [2.05, 4.69) is 26.6 Å². The number of para-hydroxylation sites is 1. The molecule has 0 saturated heterocycles. The highest BCUT2D eigenvalue weighted by molar-refractivity contribution is 9.10. The number of hydrogen-bond acceptors (Lipinski definition) is 2. The molecule has 0 spiro atoms. The molecular weight excluding hydrogens is 368 g/mol. The monoisotopic (exact) mass is 380 g/mol. The Balaban J connectivity index is 1.82. The van der Waals surface area contributed by atoms with Crippen molar-refractivity contribution in [2.75, 3.05) is 11.9 Å². The molecule has 2 N–H and O–H groups in total. The van der Waals surface area contributed by atoms with Crippen LogP contribution in [0.15, 0.2) is 53.0 Å². The molecule has 0 aliphatic rings. The van der Waals surface area contributed by atoms with Crippen LogP contribution in [-0.2, 0) is 16.0 Å². The molecule has 114 valence electrons. The molecule has 2 amide bonds. The van der Waals surface area contributed by atoms with E-state index >= 15 is 0 Å². The van der Waals surface area contributed by atoms with Gasteiger partial charge in [-0.3, -0.25) is 9.59 Å². The molecular formula is C16H14BrClN2O2. The van der Waals surface area contributed by atoms with Gasteiger partial charge in [0, 0.05) is 4.47 Å². The van der Waals surface area contributed by atoms with Crippen molar-refractivity contribution in [3.05, 3.63) is 63.6 Å². The van der Waals surface area contributed by atoms with E-state index in [0.717, 1.165) is 10.0 Å². The molecule has 0 bridgehead atoms. The predicted molar refractivity (Wildman–Crippen MR) is 90.9 cm³/mol. The lowest BCUT2D eigenvalue weighted by Gasteiger charge is -2.08. The molecule has 0 saturated carbocycles. The number of benzene rings is 2. The molecule has 2 rings (SSSR count). The summed E-state index contributed by atoms with van der Waals surface area (Å²) in [6, 6.07) is 14.4. The third-order valence-electron chi connectivity index (χ3n) is 2.90. The first-order chi connectivity index (χ1) is 10.6. The first-order valence-corrected chi connectivity index (χ1v) is 7.78. The number of carbonyl (C=O) groups excluding carboxylic acids is 2. The maximum Gasteiger partial charge on any atom is 0.243 e. The minimum atomic E-state index is -0.325. The summed E-state index contributed by atoms with van der Waals surface area (Å²) in [6.45, 7) is -0.103. The van der Waals surface area contributed by atoms with Gasteiger partial charge in [0.05, 0.1) is 23.7 Å². The summed E-state index contributed by atoms with van der Waals surface area (Å²) in [5, 5.41) is 5.68. The van der Waals surface area contributed by atoms with Gasteiger partial charge in [0.25, 0.3) is 0 Å². The molecule has 0 aromatic heterocycles. The van der Waals surface area contributed by atoms with Crippen molar-refractivity contribution in [3.63, 3.8) is 0 Å². The zero-order valence-corrected chi connectivity index (χ0v) is 13.9. The summed E-state index contributed by atoms with van der Waals surface area (Å²) in [5.41, 5.74) is 1.39. The summed E-state index contributed by atoms with van der Waals surface area (Å²) < 4.78 is 0.866. The minimum Gasteiger partial charge on any atom is -0.347 e. The highest BCUT2D eigenvalue weighted by Gasteiger charge is 2.09.